The van der Waals surface area contributed by atoms with Gasteiger partial charge in [-0.05, 0) is 23.9 Å². The van der Waals surface area contributed by atoms with E-state index in [-0.39, 0.29) is 12.1 Å². The van der Waals surface area contributed by atoms with Gasteiger partial charge >= 0.3 is 0 Å². The maximum atomic E-state index is 9.66. The van der Waals surface area contributed by atoms with E-state index in [1.807, 2.05) is 18.4 Å². The summed E-state index contributed by atoms with van der Waals surface area (Å²) in [5.41, 5.74) is 1.11. The number of nitrogens with one attached hydrogen (secondary N) is 1. The van der Waals surface area contributed by atoms with Crippen LogP contribution in [-0.4, -0.2) is 11.1 Å². The molecule has 0 amide bonds. The predicted octanol–water partition coefficient (Wildman–Crippen LogP) is 1.27. The van der Waals surface area contributed by atoms with E-state index < -0.39 is 0 Å². The van der Waals surface area contributed by atoms with E-state index in [2.05, 4.69) is 5.32 Å². The van der Waals surface area contributed by atoms with Gasteiger partial charge in [-0.25, -0.2) is 0 Å². The van der Waals surface area contributed by atoms with Crippen LogP contribution in [-0.2, 0) is 6.54 Å². The molecule has 1 aliphatic heterocycles. The summed E-state index contributed by atoms with van der Waals surface area (Å²) in [4.78, 5) is 1.27. The number of thiophene rings is 1. The van der Waals surface area contributed by atoms with Crippen LogP contribution in [0.5, 0.6) is 0 Å². The van der Waals surface area contributed by atoms with Crippen molar-refractivity contribution in [2.45, 2.75) is 25.6 Å². The maximum absolute atomic E-state index is 9.66. The number of aliphatic hydroxyl groups excluding tert-OH is 1. The molecule has 0 fully saturated rings. The SMILES string of the molecule is CC1NCc2sccc2C1O. The predicted molar refractivity (Wildman–Crippen MR) is 45.6 cm³/mol. The first-order valence-corrected chi connectivity index (χ1v) is 4.64. The first-order valence-electron chi connectivity index (χ1n) is 3.77. The Bertz CT molecular complexity index is 258. The van der Waals surface area contributed by atoms with Gasteiger partial charge in [0.05, 0.1) is 6.10 Å². The largest absolute Gasteiger partial charge is 0.387 e. The second kappa shape index (κ2) is 2.59. The van der Waals surface area contributed by atoms with E-state index in [4.69, 9.17) is 0 Å². The van der Waals surface area contributed by atoms with Crippen molar-refractivity contribution in [2.24, 2.45) is 0 Å². The number of rotatable bonds is 0. The van der Waals surface area contributed by atoms with Gasteiger partial charge in [0.2, 0.25) is 0 Å². The van der Waals surface area contributed by atoms with Crippen LogP contribution < -0.4 is 5.32 Å². The Hall–Kier alpha value is -0.380. The molecule has 0 radical (unpaired) electrons. The fraction of sp³-hybridized carbons (Fsp3) is 0.500. The van der Waals surface area contributed by atoms with Gasteiger partial charge in [0.15, 0.2) is 0 Å². The van der Waals surface area contributed by atoms with E-state index in [1.54, 1.807) is 11.3 Å². The highest BCUT2D eigenvalue weighted by atomic mass is 32.1. The Kier molecular flexibility index (Phi) is 1.71. The van der Waals surface area contributed by atoms with Crippen molar-refractivity contribution >= 4 is 11.3 Å². The Morgan fingerprint density at radius 2 is 2.55 bits per heavy atom. The van der Waals surface area contributed by atoms with Crippen molar-refractivity contribution in [1.82, 2.24) is 5.32 Å². The Balaban J connectivity index is 2.38. The van der Waals surface area contributed by atoms with Gasteiger partial charge in [0.1, 0.15) is 0 Å². The zero-order valence-corrected chi connectivity index (χ0v) is 7.19. The van der Waals surface area contributed by atoms with Crippen molar-refractivity contribution < 1.29 is 5.11 Å². The molecular formula is C8H11NOS. The van der Waals surface area contributed by atoms with Crippen molar-refractivity contribution in [1.29, 1.82) is 0 Å². The molecule has 1 aromatic heterocycles. The highest BCUT2D eigenvalue weighted by molar-refractivity contribution is 7.10. The van der Waals surface area contributed by atoms with Gasteiger partial charge < -0.3 is 10.4 Å². The van der Waals surface area contributed by atoms with E-state index in [1.165, 1.54) is 4.88 Å². The minimum absolute atomic E-state index is 0.192. The average Bonchev–Trinajstić information content (AvgIpc) is 2.45. The molecule has 0 saturated carbocycles. The molecule has 0 spiro atoms. The molecule has 0 bridgehead atoms. The van der Waals surface area contributed by atoms with Crippen molar-refractivity contribution in [3.8, 4) is 0 Å². The highest BCUT2D eigenvalue weighted by Crippen LogP contribution is 2.29. The van der Waals surface area contributed by atoms with Gasteiger partial charge in [0.25, 0.3) is 0 Å². The number of hydrogen-bond donors (Lipinski definition) is 2. The fourth-order valence-corrected chi connectivity index (χ4v) is 2.26. The minimum atomic E-state index is -0.315. The Labute approximate surface area is 69.9 Å². The summed E-state index contributed by atoms with van der Waals surface area (Å²) in [6.07, 6.45) is -0.315. The van der Waals surface area contributed by atoms with Crippen LogP contribution in [0.25, 0.3) is 0 Å². The van der Waals surface area contributed by atoms with E-state index in [0.29, 0.717) is 0 Å². The first-order chi connectivity index (χ1) is 5.29. The molecule has 2 heterocycles. The molecular weight excluding hydrogens is 158 g/mol. The molecule has 60 valence electrons. The molecule has 2 atom stereocenters. The van der Waals surface area contributed by atoms with Crippen molar-refractivity contribution in [3.63, 3.8) is 0 Å². The third-order valence-electron chi connectivity index (χ3n) is 2.16. The normalized spacial score (nSPS) is 30.0. The Morgan fingerprint density at radius 1 is 1.73 bits per heavy atom. The molecule has 2 nitrogen and oxygen atoms in total. The summed E-state index contributed by atoms with van der Waals surface area (Å²) < 4.78 is 0. The fourth-order valence-electron chi connectivity index (χ4n) is 1.39. The lowest BCUT2D eigenvalue weighted by Crippen LogP contribution is -2.35. The van der Waals surface area contributed by atoms with E-state index >= 15 is 0 Å². The summed E-state index contributed by atoms with van der Waals surface area (Å²) in [7, 11) is 0. The van der Waals surface area contributed by atoms with Crippen LogP contribution in [0.3, 0.4) is 0 Å². The molecule has 1 aromatic rings. The standard InChI is InChI=1S/C8H11NOS/c1-5-8(10)6-2-3-11-7(6)4-9-5/h2-3,5,8-10H,4H2,1H3. The molecule has 3 heteroatoms. The second-order valence-corrected chi connectivity index (χ2v) is 3.91. The van der Waals surface area contributed by atoms with Crippen LogP contribution in [0.15, 0.2) is 11.4 Å². The van der Waals surface area contributed by atoms with Gasteiger partial charge in [-0.1, -0.05) is 0 Å². The van der Waals surface area contributed by atoms with Gasteiger partial charge in [-0.2, -0.15) is 0 Å². The zero-order valence-electron chi connectivity index (χ0n) is 6.37. The van der Waals surface area contributed by atoms with Crippen LogP contribution in [0.4, 0.5) is 0 Å². The second-order valence-electron chi connectivity index (χ2n) is 2.91. The molecule has 0 aliphatic carbocycles. The maximum Gasteiger partial charge on any atom is 0.0951 e. The third kappa shape index (κ3) is 1.09. The molecule has 1 aliphatic rings. The topological polar surface area (TPSA) is 32.3 Å². The quantitative estimate of drug-likeness (QED) is 0.613. The molecule has 0 aromatic carbocycles. The van der Waals surface area contributed by atoms with Gasteiger partial charge in [-0.15, -0.1) is 11.3 Å². The smallest absolute Gasteiger partial charge is 0.0951 e. The van der Waals surface area contributed by atoms with Crippen LogP contribution >= 0.6 is 11.3 Å². The summed E-state index contributed by atoms with van der Waals surface area (Å²) >= 11 is 1.71. The van der Waals surface area contributed by atoms with Crippen molar-refractivity contribution in [3.05, 3.63) is 21.9 Å². The van der Waals surface area contributed by atoms with Gasteiger partial charge in [-0.3, -0.25) is 0 Å². The highest BCUT2D eigenvalue weighted by Gasteiger charge is 2.24. The lowest BCUT2D eigenvalue weighted by Gasteiger charge is -2.25. The molecule has 0 saturated heterocycles. The van der Waals surface area contributed by atoms with E-state index in [0.717, 1.165) is 12.1 Å². The van der Waals surface area contributed by atoms with Crippen LogP contribution in [0.2, 0.25) is 0 Å². The van der Waals surface area contributed by atoms with Crippen LogP contribution in [0.1, 0.15) is 23.5 Å². The molecule has 2 N–H and O–H groups in total. The lowest BCUT2D eigenvalue weighted by atomic mass is 10.0. The molecule has 2 unspecified atom stereocenters. The van der Waals surface area contributed by atoms with E-state index in [9.17, 15) is 5.11 Å². The van der Waals surface area contributed by atoms with Crippen molar-refractivity contribution in [2.75, 3.05) is 0 Å². The first kappa shape index (κ1) is 7.28. The van der Waals surface area contributed by atoms with Crippen LogP contribution in [0, 0.1) is 0 Å². The molecule has 11 heavy (non-hydrogen) atoms. The average molecular weight is 169 g/mol. The number of hydrogen-bond acceptors (Lipinski definition) is 3. The van der Waals surface area contributed by atoms with Gasteiger partial charge in [0, 0.05) is 17.5 Å². The number of aliphatic hydroxyl groups is 1. The third-order valence-corrected chi connectivity index (χ3v) is 3.09. The summed E-state index contributed by atoms with van der Waals surface area (Å²) in [5.74, 6) is 0. The summed E-state index contributed by atoms with van der Waals surface area (Å²) in [6, 6.07) is 2.21. The monoisotopic (exact) mass is 169 g/mol. The summed E-state index contributed by atoms with van der Waals surface area (Å²) in [6.45, 7) is 2.91. The summed E-state index contributed by atoms with van der Waals surface area (Å²) in [5, 5.41) is 14.9. The molecule has 2 rings (SSSR count). The Morgan fingerprint density at radius 3 is 3.36 bits per heavy atom. The lowest BCUT2D eigenvalue weighted by molar-refractivity contribution is 0.126. The number of fused-ring (bicyclic) bond motifs is 1. The zero-order chi connectivity index (χ0) is 7.84. The minimum Gasteiger partial charge on any atom is -0.387 e.